The molecule has 3 aromatic rings. The third kappa shape index (κ3) is 4.20. The van der Waals surface area contributed by atoms with Crippen LogP contribution in [0.1, 0.15) is 12.0 Å². The molecule has 2 heterocycles. The molecule has 9 heteroatoms. The largest absolute Gasteiger partial charge is 0.497 e. The highest BCUT2D eigenvalue weighted by Gasteiger charge is 2.13. The monoisotopic (exact) mass is 372 g/mol. The van der Waals surface area contributed by atoms with Gasteiger partial charge in [0.15, 0.2) is 5.65 Å². The molecule has 144 valence electrons. The number of nitrogens with zero attached hydrogens (tertiary/aromatic N) is 4. The molecule has 3 rings (SSSR count). The summed E-state index contributed by atoms with van der Waals surface area (Å²) >= 11 is 0. The second-order valence-electron chi connectivity index (χ2n) is 5.94. The number of anilines is 2. The fourth-order valence-corrected chi connectivity index (χ4v) is 2.71. The second kappa shape index (κ2) is 8.54. The Labute approximate surface area is 157 Å². The molecule has 0 aliphatic rings. The highest BCUT2D eigenvalue weighted by atomic mass is 16.5. The lowest BCUT2D eigenvalue weighted by Crippen LogP contribution is -2.10. The third-order valence-electron chi connectivity index (χ3n) is 4.14. The molecule has 0 spiro atoms. The van der Waals surface area contributed by atoms with Crippen molar-refractivity contribution in [2.45, 2.75) is 13.0 Å². The Kier molecular flexibility index (Phi) is 5.92. The van der Waals surface area contributed by atoms with Gasteiger partial charge in [-0.2, -0.15) is 15.1 Å². The molecule has 9 nitrogen and oxygen atoms in total. The van der Waals surface area contributed by atoms with Crippen molar-refractivity contribution in [3.05, 3.63) is 30.0 Å². The molecule has 0 aliphatic heterocycles. The lowest BCUT2D eigenvalue weighted by atomic mass is 10.2. The van der Waals surface area contributed by atoms with E-state index >= 15 is 0 Å². The first-order chi connectivity index (χ1) is 13.2. The molecule has 0 unspecified atom stereocenters. The van der Waals surface area contributed by atoms with Crippen molar-refractivity contribution >= 4 is 22.8 Å². The van der Waals surface area contributed by atoms with E-state index in [2.05, 4.69) is 25.7 Å². The van der Waals surface area contributed by atoms with Crippen molar-refractivity contribution < 1.29 is 14.6 Å². The zero-order valence-electron chi connectivity index (χ0n) is 15.7. The first-order valence-electron chi connectivity index (χ1n) is 8.65. The summed E-state index contributed by atoms with van der Waals surface area (Å²) in [5, 5.41) is 20.5. The summed E-state index contributed by atoms with van der Waals surface area (Å²) in [4.78, 5) is 9.05. The van der Waals surface area contributed by atoms with Gasteiger partial charge >= 0.3 is 0 Å². The number of ether oxygens (including phenoxy) is 2. The fourth-order valence-electron chi connectivity index (χ4n) is 2.71. The Balaban J connectivity index is 1.87. The maximum atomic E-state index is 8.95. The SMILES string of the molecule is COc1ccc(OC)c(CNc2nc(NCCCO)nc3c2cnn3C)c1. The molecule has 0 radical (unpaired) electrons. The van der Waals surface area contributed by atoms with Crippen LogP contribution < -0.4 is 20.1 Å². The van der Waals surface area contributed by atoms with Crippen molar-refractivity contribution in [1.29, 1.82) is 0 Å². The maximum Gasteiger partial charge on any atom is 0.226 e. The van der Waals surface area contributed by atoms with E-state index in [1.165, 1.54) is 0 Å². The molecule has 0 bridgehead atoms. The predicted molar refractivity (Wildman–Crippen MR) is 103 cm³/mol. The Morgan fingerprint density at radius 3 is 2.74 bits per heavy atom. The van der Waals surface area contributed by atoms with Crippen LogP contribution in [0.4, 0.5) is 11.8 Å². The first-order valence-corrected chi connectivity index (χ1v) is 8.65. The van der Waals surface area contributed by atoms with Gasteiger partial charge in [0.2, 0.25) is 5.95 Å². The second-order valence-corrected chi connectivity index (χ2v) is 5.94. The minimum absolute atomic E-state index is 0.113. The third-order valence-corrected chi connectivity index (χ3v) is 4.14. The number of methoxy groups -OCH3 is 2. The number of aromatic nitrogens is 4. The van der Waals surface area contributed by atoms with Gasteiger partial charge in [-0.3, -0.25) is 4.68 Å². The summed E-state index contributed by atoms with van der Waals surface area (Å²) in [6, 6.07) is 5.65. The number of hydrogen-bond donors (Lipinski definition) is 3. The predicted octanol–water partition coefficient (Wildman–Crippen LogP) is 1.79. The van der Waals surface area contributed by atoms with Crippen LogP contribution in [0.5, 0.6) is 11.5 Å². The van der Waals surface area contributed by atoms with Gasteiger partial charge in [-0.15, -0.1) is 0 Å². The van der Waals surface area contributed by atoms with Gasteiger partial charge in [0.05, 0.1) is 25.8 Å². The van der Waals surface area contributed by atoms with E-state index in [-0.39, 0.29) is 6.61 Å². The number of hydrogen-bond acceptors (Lipinski definition) is 8. The average molecular weight is 372 g/mol. The van der Waals surface area contributed by atoms with Gasteiger partial charge < -0.3 is 25.2 Å². The Hall–Kier alpha value is -3.07. The van der Waals surface area contributed by atoms with Crippen LogP contribution in [0.2, 0.25) is 0 Å². The Morgan fingerprint density at radius 2 is 2.00 bits per heavy atom. The summed E-state index contributed by atoms with van der Waals surface area (Å²) in [5.41, 5.74) is 1.67. The minimum Gasteiger partial charge on any atom is -0.497 e. The van der Waals surface area contributed by atoms with Crippen LogP contribution in [0.3, 0.4) is 0 Å². The lowest BCUT2D eigenvalue weighted by Gasteiger charge is -2.13. The molecule has 0 fully saturated rings. The van der Waals surface area contributed by atoms with Gasteiger partial charge in [-0.05, 0) is 24.6 Å². The van der Waals surface area contributed by atoms with Crippen molar-refractivity contribution in [1.82, 2.24) is 19.7 Å². The summed E-state index contributed by atoms with van der Waals surface area (Å²) in [6.07, 6.45) is 2.36. The summed E-state index contributed by atoms with van der Waals surface area (Å²) in [5.74, 6) is 2.68. The van der Waals surface area contributed by atoms with Crippen molar-refractivity contribution in [3.8, 4) is 11.5 Å². The van der Waals surface area contributed by atoms with Gasteiger partial charge in [0.25, 0.3) is 0 Å². The van der Waals surface area contributed by atoms with Crippen LogP contribution in [0.25, 0.3) is 11.0 Å². The van der Waals surface area contributed by atoms with Crippen molar-refractivity contribution in [3.63, 3.8) is 0 Å². The van der Waals surface area contributed by atoms with E-state index in [4.69, 9.17) is 14.6 Å². The molecule has 0 saturated carbocycles. The summed E-state index contributed by atoms with van der Waals surface area (Å²) in [6.45, 7) is 1.20. The smallest absolute Gasteiger partial charge is 0.226 e. The van der Waals surface area contributed by atoms with E-state index in [0.29, 0.717) is 31.3 Å². The summed E-state index contributed by atoms with van der Waals surface area (Å²) < 4.78 is 12.4. The highest BCUT2D eigenvalue weighted by molar-refractivity contribution is 5.87. The number of nitrogens with one attached hydrogen (secondary N) is 2. The Bertz CT molecular complexity index is 911. The molecular weight excluding hydrogens is 348 g/mol. The van der Waals surface area contributed by atoms with Crippen LogP contribution in [-0.4, -0.2) is 52.2 Å². The van der Waals surface area contributed by atoms with Gasteiger partial charge in [-0.25, -0.2) is 0 Å². The number of aryl methyl sites for hydroxylation is 1. The van der Waals surface area contributed by atoms with E-state index < -0.39 is 0 Å². The van der Waals surface area contributed by atoms with Crippen LogP contribution >= 0.6 is 0 Å². The molecule has 1 aromatic carbocycles. The lowest BCUT2D eigenvalue weighted by molar-refractivity contribution is 0.292. The number of fused-ring (bicyclic) bond motifs is 1. The minimum atomic E-state index is 0.113. The molecule has 3 N–H and O–H groups in total. The van der Waals surface area contributed by atoms with E-state index in [1.807, 2.05) is 25.2 Å². The highest BCUT2D eigenvalue weighted by Crippen LogP contribution is 2.26. The zero-order valence-corrected chi connectivity index (χ0v) is 15.7. The quantitative estimate of drug-likeness (QED) is 0.488. The van der Waals surface area contributed by atoms with Gasteiger partial charge in [0, 0.05) is 32.3 Å². The zero-order chi connectivity index (χ0) is 19.2. The van der Waals surface area contributed by atoms with E-state index in [0.717, 1.165) is 28.1 Å². The van der Waals surface area contributed by atoms with Crippen LogP contribution in [0.15, 0.2) is 24.4 Å². The van der Waals surface area contributed by atoms with E-state index in [1.54, 1.807) is 25.1 Å². The molecule has 27 heavy (non-hydrogen) atoms. The van der Waals surface area contributed by atoms with Gasteiger partial charge in [-0.1, -0.05) is 0 Å². The molecule has 0 saturated heterocycles. The number of aliphatic hydroxyl groups excluding tert-OH is 1. The average Bonchev–Trinajstić information content (AvgIpc) is 3.07. The maximum absolute atomic E-state index is 8.95. The topological polar surface area (TPSA) is 106 Å². The van der Waals surface area contributed by atoms with Crippen molar-refractivity contribution in [2.75, 3.05) is 38.0 Å². The summed E-state index contributed by atoms with van der Waals surface area (Å²) in [7, 11) is 5.10. The number of rotatable bonds is 9. The fraction of sp³-hybridized carbons (Fsp3) is 0.389. The molecule has 0 aliphatic carbocycles. The first kappa shape index (κ1) is 18.7. The van der Waals surface area contributed by atoms with E-state index in [9.17, 15) is 0 Å². The van der Waals surface area contributed by atoms with Crippen LogP contribution in [0, 0.1) is 0 Å². The Morgan fingerprint density at radius 1 is 1.15 bits per heavy atom. The molecular formula is C18H24N6O3. The number of aliphatic hydroxyl groups is 1. The molecule has 0 amide bonds. The number of benzene rings is 1. The van der Waals surface area contributed by atoms with Gasteiger partial charge in [0.1, 0.15) is 17.3 Å². The molecule has 2 aromatic heterocycles. The van der Waals surface area contributed by atoms with Crippen LogP contribution in [-0.2, 0) is 13.6 Å². The normalized spacial score (nSPS) is 10.8. The standard InChI is InChI=1S/C18H24N6O3/c1-24-17-14(11-21-24)16(22-18(23-17)19-7-4-8-25)20-10-12-9-13(26-2)5-6-15(12)27-3/h5-6,9,11,25H,4,7-8,10H2,1-3H3,(H2,19,20,22,23). The van der Waals surface area contributed by atoms with Crippen molar-refractivity contribution in [2.24, 2.45) is 7.05 Å². The molecule has 0 atom stereocenters.